The van der Waals surface area contributed by atoms with Crippen molar-refractivity contribution in [2.45, 2.75) is 0 Å². The Morgan fingerprint density at radius 3 is 0.864 bits per heavy atom. The zero-order chi connectivity index (χ0) is 16.0. The topological polar surface area (TPSA) is 0 Å². The van der Waals surface area contributed by atoms with Crippen LogP contribution in [-0.4, -0.2) is 76.1 Å². The maximum absolute atomic E-state index is 2.94. The maximum atomic E-state index is 2.94. The molecule has 0 fully saturated rings. The van der Waals surface area contributed by atoms with Crippen molar-refractivity contribution in [1.82, 2.24) is 0 Å². The van der Waals surface area contributed by atoms with E-state index in [0.717, 1.165) is 10.7 Å². The SMILES string of the molecule is [Te]=C1C#CC#CC#CC#CC#CC#CC(=[Te])C#CC(=[Te])C#C1. The molecule has 0 N–H and O–H groups in total. The van der Waals surface area contributed by atoms with Gasteiger partial charge in [0.05, 0.1) is 0 Å². The summed E-state index contributed by atoms with van der Waals surface area (Å²) in [5, 5.41) is 0. The van der Waals surface area contributed by atoms with Crippen LogP contribution >= 0.6 is 0 Å². The Bertz CT molecular complexity index is 967. The summed E-state index contributed by atoms with van der Waals surface area (Å²) in [4.78, 5) is 0. The van der Waals surface area contributed by atoms with Gasteiger partial charge in [0.2, 0.25) is 0 Å². The molecule has 0 amide bonds. The molecule has 0 aromatic rings. The van der Waals surface area contributed by atoms with Gasteiger partial charge in [-0.15, -0.1) is 0 Å². The van der Waals surface area contributed by atoms with Crippen LogP contribution in [0, 0.1) is 94.7 Å². The molecule has 22 heavy (non-hydrogen) atoms. The van der Waals surface area contributed by atoms with Gasteiger partial charge in [-0.2, -0.15) is 0 Å². The van der Waals surface area contributed by atoms with Gasteiger partial charge < -0.3 is 0 Å². The summed E-state index contributed by atoms with van der Waals surface area (Å²) in [6.45, 7) is 0. The molecular weight excluding hydrogens is 611 g/mol. The summed E-state index contributed by atoms with van der Waals surface area (Å²) < 4.78 is 2.22. The van der Waals surface area contributed by atoms with Crippen molar-refractivity contribution in [3.63, 3.8) is 0 Å². The van der Waals surface area contributed by atoms with Crippen LogP contribution in [0.2, 0.25) is 0 Å². The Morgan fingerprint density at radius 1 is 0.318 bits per heavy atom. The quantitative estimate of drug-likeness (QED) is 0.221. The van der Waals surface area contributed by atoms with Crippen LogP contribution < -0.4 is 0 Å². The van der Waals surface area contributed by atoms with E-state index in [-0.39, 0.29) is 0 Å². The van der Waals surface area contributed by atoms with E-state index < -0.39 is 0 Å². The first-order valence-corrected chi connectivity index (χ1v) is 8.86. The zero-order valence-electron chi connectivity index (χ0n) is 10.7. The molecule has 1 aliphatic rings. The third-order valence-corrected chi connectivity index (χ3v) is 3.24. The molecule has 0 aromatic carbocycles. The van der Waals surface area contributed by atoms with Gasteiger partial charge in [0.1, 0.15) is 0 Å². The van der Waals surface area contributed by atoms with Gasteiger partial charge in [0.15, 0.2) is 0 Å². The first kappa shape index (κ1) is 18.5. The minimum atomic E-state index is 0.730. The van der Waals surface area contributed by atoms with E-state index in [2.05, 4.69) is 94.7 Å². The van der Waals surface area contributed by atoms with Crippen LogP contribution in [-0.2, 0) is 0 Å². The average Bonchev–Trinajstić information content (AvgIpc) is 2.51. The first-order valence-electron chi connectivity index (χ1n) is 5.36. The molecule has 0 aromatic heterocycles. The van der Waals surface area contributed by atoms with Gasteiger partial charge in [-0.25, -0.2) is 0 Å². The average molecular weight is 611 g/mol. The molecule has 0 saturated carbocycles. The molecule has 0 spiro atoms. The van der Waals surface area contributed by atoms with Crippen LogP contribution in [0.15, 0.2) is 0 Å². The molecule has 94 valence electrons. The molecule has 3 heteroatoms. The summed E-state index contributed by atoms with van der Waals surface area (Å²) in [5.41, 5.74) is 0. The van der Waals surface area contributed by atoms with Crippen LogP contribution in [0.4, 0.5) is 0 Å². The Balaban J connectivity index is 3.15. The van der Waals surface area contributed by atoms with Gasteiger partial charge in [0.25, 0.3) is 0 Å². The van der Waals surface area contributed by atoms with Crippen LogP contribution in [0.1, 0.15) is 0 Å². The fourth-order valence-corrected chi connectivity index (χ4v) is 1.62. The van der Waals surface area contributed by atoms with Crippen LogP contribution in [0.3, 0.4) is 0 Å². The van der Waals surface area contributed by atoms with Crippen LogP contribution in [0.25, 0.3) is 0 Å². The molecule has 0 bridgehead atoms. The van der Waals surface area contributed by atoms with Gasteiger partial charge in [-0.1, -0.05) is 0 Å². The monoisotopic (exact) mass is 618 g/mol. The van der Waals surface area contributed by atoms with Gasteiger partial charge in [0, 0.05) is 0 Å². The molecule has 0 heterocycles. The van der Waals surface area contributed by atoms with Gasteiger partial charge in [-0.05, 0) is 0 Å². The Labute approximate surface area is 169 Å². The Kier molecular flexibility index (Phi) is 10.1. The van der Waals surface area contributed by atoms with Crippen molar-refractivity contribution in [2.24, 2.45) is 0 Å². The summed E-state index contributed by atoms with van der Waals surface area (Å²) in [7, 11) is 0. The van der Waals surface area contributed by atoms with E-state index in [1.54, 1.807) is 65.5 Å². The third-order valence-electron chi connectivity index (χ3n) is 1.49. The molecule has 0 saturated heterocycles. The molecule has 1 rings (SSSR count). The van der Waals surface area contributed by atoms with Crippen molar-refractivity contribution in [3.05, 3.63) is 0 Å². The fraction of sp³-hybridized carbons (Fsp3) is 0. The summed E-state index contributed by atoms with van der Waals surface area (Å²) in [6.07, 6.45) is 0. The molecule has 0 unspecified atom stereocenters. The fourth-order valence-electron chi connectivity index (χ4n) is 0.747. The normalized spacial score (nSPS) is 11.0. The van der Waals surface area contributed by atoms with Crippen molar-refractivity contribution in [1.29, 1.82) is 0 Å². The first-order chi connectivity index (χ1) is 10.7. The van der Waals surface area contributed by atoms with Crippen molar-refractivity contribution < 1.29 is 0 Å². The zero-order valence-corrected chi connectivity index (χ0v) is 17.7. The summed E-state index contributed by atoms with van der Waals surface area (Å²) in [6, 6.07) is 0. The predicted octanol–water partition coefficient (Wildman–Crippen LogP) is -1.95. The number of hydrogen-bond acceptors (Lipinski definition) is 0. The molecule has 0 atom stereocenters. The molecule has 0 nitrogen and oxygen atoms in total. The Hall–Kier alpha value is -1.54. The summed E-state index contributed by atoms with van der Waals surface area (Å²) >= 11 is 5.26. The van der Waals surface area contributed by atoms with Gasteiger partial charge >= 0.3 is 171 Å². The van der Waals surface area contributed by atoms with Gasteiger partial charge in [-0.3, -0.25) is 0 Å². The van der Waals surface area contributed by atoms with Crippen molar-refractivity contribution in [3.8, 4) is 94.7 Å². The van der Waals surface area contributed by atoms with E-state index in [1.165, 1.54) is 0 Å². The van der Waals surface area contributed by atoms with E-state index in [0.29, 0.717) is 0 Å². The van der Waals surface area contributed by atoms with E-state index in [9.17, 15) is 0 Å². The van der Waals surface area contributed by atoms with Crippen molar-refractivity contribution in [2.75, 3.05) is 0 Å². The second-order valence-electron chi connectivity index (χ2n) is 2.99. The third kappa shape index (κ3) is 10.2. The predicted molar refractivity (Wildman–Crippen MR) is 94.5 cm³/mol. The number of hydrogen-bond donors (Lipinski definition) is 0. The van der Waals surface area contributed by atoms with E-state index >= 15 is 0 Å². The number of rotatable bonds is 0. The molecule has 0 radical (unpaired) electrons. The summed E-state index contributed by atoms with van der Waals surface area (Å²) in [5.74, 6) is 43.4. The Morgan fingerprint density at radius 2 is 0.545 bits per heavy atom. The van der Waals surface area contributed by atoms with E-state index in [1.807, 2.05) is 0 Å². The van der Waals surface area contributed by atoms with Crippen LogP contribution in [0.5, 0.6) is 0 Å². The van der Waals surface area contributed by atoms with Crippen molar-refractivity contribution >= 4 is 76.1 Å². The second-order valence-corrected chi connectivity index (χ2v) is 6.48. The van der Waals surface area contributed by atoms with E-state index in [4.69, 9.17) is 0 Å². The minimum absolute atomic E-state index is 0.730. The molecular formula is C19Te3. The standard InChI is InChI=1S/C19Te3/c20-17-11-9-7-5-3-1-2-4-6-8-10-12-18(21)14-16-19(22)15-13-17. The molecule has 0 aliphatic heterocycles. The second kappa shape index (κ2) is 12.0. The molecule has 1 aliphatic carbocycles.